The van der Waals surface area contributed by atoms with E-state index in [2.05, 4.69) is 0 Å². The van der Waals surface area contributed by atoms with Gasteiger partial charge in [-0.05, 0) is 56.9 Å². The van der Waals surface area contributed by atoms with Gasteiger partial charge in [-0.15, -0.1) is 0 Å². The fraction of sp³-hybridized carbons (Fsp3) is 0.562. The first-order chi connectivity index (χ1) is 10.2. The average molecular weight is 315 g/mol. The Labute approximate surface area is 128 Å². The van der Waals surface area contributed by atoms with Gasteiger partial charge in [-0.1, -0.05) is 6.92 Å². The number of rotatable bonds is 2. The SMILES string of the molecule is CC[C@@H]1CCc2cc(C(F)(F)F)ccc2N1C(=O)OC(C)C. The van der Waals surface area contributed by atoms with E-state index in [1.165, 1.54) is 11.0 Å². The molecule has 0 spiro atoms. The molecule has 1 aromatic rings. The smallest absolute Gasteiger partial charge is 0.416 e. The standard InChI is InChI=1S/C16H20F3NO2/c1-4-13-7-5-11-9-12(16(17,18)19)6-8-14(11)20(13)15(21)22-10(2)3/h6,8-10,13H,4-5,7H2,1-3H3/t13-/m1/s1. The van der Waals surface area contributed by atoms with E-state index in [-0.39, 0.29) is 12.1 Å². The zero-order valence-electron chi connectivity index (χ0n) is 12.9. The molecule has 0 N–H and O–H groups in total. The summed E-state index contributed by atoms with van der Waals surface area (Å²) in [5.74, 6) is 0. The molecule has 3 nitrogen and oxygen atoms in total. The number of halogens is 3. The van der Waals surface area contributed by atoms with Crippen LogP contribution in [0.15, 0.2) is 18.2 Å². The highest BCUT2D eigenvalue weighted by Gasteiger charge is 2.35. The molecule has 0 bridgehead atoms. The summed E-state index contributed by atoms with van der Waals surface area (Å²) in [4.78, 5) is 13.8. The lowest BCUT2D eigenvalue weighted by Crippen LogP contribution is -2.44. The summed E-state index contributed by atoms with van der Waals surface area (Å²) in [6.45, 7) is 5.45. The molecule has 1 aromatic carbocycles. The number of carbonyl (C=O) groups is 1. The summed E-state index contributed by atoms with van der Waals surface area (Å²) in [5, 5.41) is 0. The zero-order chi connectivity index (χ0) is 16.5. The monoisotopic (exact) mass is 315 g/mol. The first-order valence-electron chi connectivity index (χ1n) is 7.44. The number of hydrogen-bond donors (Lipinski definition) is 0. The molecule has 1 amide bonds. The van der Waals surface area contributed by atoms with E-state index < -0.39 is 17.8 Å². The predicted molar refractivity (Wildman–Crippen MR) is 77.9 cm³/mol. The lowest BCUT2D eigenvalue weighted by Gasteiger charge is -2.36. The van der Waals surface area contributed by atoms with E-state index in [1.807, 2.05) is 6.92 Å². The van der Waals surface area contributed by atoms with E-state index in [4.69, 9.17) is 4.74 Å². The molecular weight excluding hydrogens is 295 g/mol. The van der Waals surface area contributed by atoms with E-state index in [0.29, 0.717) is 24.1 Å². The molecule has 1 aliphatic rings. The Morgan fingerprint density at radius 1 is 1.41 bits per heavy atom. The molecule has 1 heterocycles. The maximum atomic E-state index is 12.8. The van der Waals surface area contributed by atoms with Gasteiger partial charge in [-0.25, -0.2) is 4.79 Å². The molecule has 0 fully saturated rings. The van der Waals surface area contributed by atoms with Crippen LogP contribution in [0.2, 0.25) is 0 Å². The Hall–Kier alpha value is -1.72. The molecule has 0 radical (unpaired) electrons. The third kappa shape index (κ3) is 3.36. The van der Waals surface area contributed by atoms with Crippen molar-refractivity contribution < 1.29 is 22.7 Å². The molecule has 22 heavy (non-hydrogen) atoms. The van der Waals surface area contributed by atoms with Gasteiger partial charge in [0.1, 0.15) is 0 Å². The van der Waals surface area contributed by atoms with E-state index >= 15 is 0 Å². The molecule has 0 saturated heterocycles. The number of amides is 1. The van der Waals surface area contributed by atoms with Gasteiger partial charge in [0.15, 0.2) is 0 Å². The summed E-state index contributed by atoms with van der Waals surface area (Å²) in [7, 11) is 0. The largest absolute Gasteiger partial charge is 0.446 e. The van der Waals surface area contributed by atoms with Crippen molar-refractivity contribution in [1.29, 1.82) is 0 Å². The fourth-order valence-corrected chi connectivity index (χ4v) is 2.74. The number of fused-ring (bicyclic) bond motifs is 1. The van der Waals surface area contributed by atoms with Gasteiger partial charge in [-0.3, -0.25) is 4.90 Å². The summed E-state index contributed by atoms with van der Waals surface area (Å²) in [6, 6.07) is 3.49. The number of carbonyl (C=O) groups excluding carboxylic acids is 1. The second-order valence-electron chi connectivity index (χ2n) is 5.74. The van der Waals surface area contributed by atoms with Crippen molar-refractivity contribution in [3.8, 4) is 0 Å². The summed E-state index contributed by atoms with van der Waals surface area (Å²) >= 11 is 0. The van der Waals surface area contributed by atoms with Crippen molar-refractivity contribution >= 4 is 11.8 Å². The van der Waals surface area contributed by atoms with Gasteiger partial charge in [0, 0.05) is 6.04 Å². The van der Waals surface area contributed by atoms with Crippen LogP contribution in [-0.4, -0.2) is 18.2 Å². The third-order valence-corrected chi connectivity index (χ3v) is 3.78. The van der Waals surface area contributed by atoms with Crippen LogP contribution in [0, 0.1) is 0 Å². The van der Waals surface area contributed by atoms with E-state index in [1.54, 1.807) is 13.8 Å². The second-order valence-corrected chi connectivity index (χ2v) is 5.74. The summed E-state index contributed by atoms with van der Waals surface area (Å²) in [6.07, 6.45) is -3.25. The lowest BCUT2D eigenvalue weighted by molar-refractivity contribution is -0.137. The Kier molecular flexibility index (Phi) is 4.68. The average Bonchev–Trinajstić information content (AvgIpc) is 2.43. The number of alkyl halides is 3. The van der Waals surface area contributed by atoms with Crippen molar-refractivity contribution in [3.05, 3.63) is 29.3 Å². The van der Waals surface area contributed by atoms with Gasteiger partial charge in [0.25, 0.3) is 0 Å². The van der Waals surface area contributed by atoms with Gasteiger partial charge in [0.2, 0.25) is 0 Å². The van der Waals surface area contributed by atoms with Crippen LogP contribution in [0.25, 0.3) is 0 Å². The van der Waals surface area contributed by atoms with Crippen LogP contribution in [0.3, 0.4) is 0 Å². The second kappa shape index (κ2) is 6.18. The van der Waals surface area contributed by atoms with Crippen molar-refractivity contribution in [3.63, 3.8) is 0 Å². The molecule has 0 aliphatic carbocycles. The number of nitrogens with zero attached hydrogens (tertiary/aromatic N) is 1. The zero-order valence-corrected chi connectivity index (χ0v) is 12.9. The van der Waals surface area contributed by atoms with Gasteiger partial charge < -0.3 is 4.74 Å². The van der Waals surface area contributed by atoms with Crippen LogP contribution in [0.1, 0.15) is 44.7 Å². The number of benzene rings is 1. The number of aryl methyl sites for hydroxylation is 1. The Balaban J connectivity index is 2.40. The lowest BCUT2D eigenvalue weighted by atomic mass is 9.93. The summed E-state index contributed by atoms with van der Waals surface area (Å²) in [5.41, 5.74) is 0.385. The summed E-state index contributed by atoms with van der Waals surface area (Å²) < 4.78 is 43.7. The molecule has 0 unspecified atom stereocenters. The molecule has 122 valence electrons. The van der Waals surface area contributed by atoms with Crippen LogP contribution in [-0.2, 0) is 17.3 Å². The molecular formula is C16H20F3NO2. The van der Waals surface area contributed by atoms with Crippen LogP contribution in [0.4, 0.5) is 23.7 Å². The van der Waals surface area contributed by atoms with E-state index in [9.17, 15) is 18.0 Å². The van der Waals surface area contributed by atoms with Crippen LogP contribution < -0.4 is 4.90 Å². The quantitative estimate of drug-likeness (QED) is 0.786. The highest BCUT2D eigenvalue weighted by molar-refractivity contribution is 5.90. The van der Waals surface area contributed by atoms with Crippen molar-refractivity contribution in [2.75, 3.05) is 4.90 Å². The van der Waals surface area contributed by atoms with Crippen molar-refractivity contribution in [2.45, 2.75) is 58.4 Å². The van der Waals surface area contributed by atoms with Gasteiger partial charge >= 0.3 is 12.3 Å². The fourth-order valence-electron chi connectivity index (χ4n) is 2.74. The number of anilines is 1. The van der Waals surface area contributed by atoms with Gasteiger partial charge in [0.05, 0.1) is 17.4 Å². The maximum Gasteiger partial charge on any atom is 0.416 e. The molecule has 6 heteroatoms. The minimum atomic E-state index is -4.38. The molecule has 1 aliphatic heterocycles. The highest BCUT2D eigenvalue weighted by atomic mass is 19.4. The predicted octanol–water partition coefficient (Wildman–Crippen LogP) is 4.78. The molecule has 0 saturated carbocycles. The topological polar surface area (TPSA) is 29.5 Å². The Morgan fingerprint density at radius 2 is 2.09 bits per heavy atom. The molecule has 1 atom stereocenters. The minimum absolute atomic E-state index is 0.0458. The van der Waals surface area contributed by atoms with Crippen molar-refractivity contribution in [1.82, 2.24) is 0 Å². The maximum absolute atomic E-state index is 12.8. The normalized spacial score (nSPS) is 18.3. The number of hydrogen-bond acceptors (Lipinski definition) is 2. The first kappa shape index (κ1) is 16.6. The third-order valence-electron chi connectivity index (χ3n) is 3.78. The minimum Gasteiger partial charge on any atom is -0.446 e. The van der Waals surface area contributed by atoms with Crippen LogP contribution in [0.5, 0.6) is 0 Å². The number of ether oxygens (including phenoxy) is 1. The Bertz CT molecular complexity index is 555. The first-order valence-corrected chi connectivity index (χ1v) is 7.44. The van der Waals surface area contributed by atoms with Crippen molar-refractivity contribution in [2.24, 2.45) is 0 Å². The highest BCUT2D eigenvalue weighted by Crippen LogP contribution is 2.37. The van der Waals surface area contributed by atoms with E-state index in [0.717, 1.165) is 18.6 Å². The van der Waals surface area contributed by atoms with Gasteiger partial charge in [-0.2, -0.15) is 13.2 Å². The molecule has 2 rings (SSSR count). The van der Waals surface area contributed by atoms with Crippen LogP contribution >= 0.6 is 0 Å². The Morgan fingerprint density at radius 3 is 2.64 bits per heavy atom. The molecule has 0 aromatic heterocycles.